The van der Waals surface area contributed by atoms with Crippen molar-refractivity contribution in [2.24, 2.45) is 0 Å². The lowest BCUT2D eigenvalue weighted by atomic mass is 10.1. The Kier molecular flexibility index (Phi) is 3.65. The fraction of sp³-hybridized carbons (Fsp3) is 0.200. The normalized spacial score (nSPS) is 9.14. The highest BCUT2D eigenvalue weighted by Gasteiger charge is 2.00. The summed E-state index contributed by atoms with van der Waals surface area (Å²) >= 11 is 0. The average molecular weight is 189 g/mol. The lowest BCUT2D eigenvalue weighted by Crippen LogP contribution is -1.96. The summed E-state index contributed by atoms with van der Waals surface area (Å²) in [7, 11) is 0. The maximum absolute atomic E-state index is 8.71. The van der Waals surface area contributed by atoms with Crippen molar-refractivity contribution in [3.63, 3.8) is 0 Å². The molecule has 1 aromatic carbocycles. The first-order valence-corrected chi connectivity index (χ1v) is 4.22. The van der Waals surface area contributed by atoms with E-state index in [9.17, 15) is 0 Å². The van der Waals surface area contributed by atoms with E-state index in [1.807, 2.05) is 11.5 Å². The number of rotatable bonds is 4. The van der Waals surface area contributed by atoms with Crippen LogP contribution in [-0.4, -0.2) is 11.4 Å². The molecule has 0 atom stereocenters. The van der Waals surface area contributed by atoms with Gasteiger partial charge in [-0.25, -0.2) is 0 Å². The molecule has 4 nitrogen and oxygen atoms in total. The summed E-state index contributed by atoms with van der Waals surface area (Å²) < 4.78 is 0. The Hall–Kier alpha value is -1.86. The van der Waals surface area contributed by atoms with E-state index in [4.69, 9.17) is 15.9 Å². The topological polar surface area (TPSA) is 79.9 Å². The molecule has 3 N–H and O–H groups in total. The number of aryl methyl sites for hydroxylation is 1. The third kappa shape index (κ3) is 2.31. The van der Waals surface area contributed by atoms with Crippen LogP contribution in [0.5, 0.6) is 0 Å². The summed E-state index contributed by atoms with van der Waals surface area (Å²) in [6.45, 7) is 0. The van der Waals surface area contributed by atoms with E-state index in [1.54, 1.807) is 12.1 Å². The molecule has 0 bridgehead atoms. The number of nitrogens with one attached hydrogen (secondary N) is 2. The standard InChI is InChI=1S/C10H11N3O/c11-5-1-2-8-3-4-10(13-14)9(6-8)7-12/h3-4,6-7,12-14H,1-2H2. The van der Waals surface area contributed by atoms with Crippen molar-refractivity contribution < 1.29 is 5.21 Å². The van der Waals surface area contributed by atoms with Gasteiger partial charge in [-0.3, -0.25) is 10.7 Å². The Morgan fingerprint density at radius 1 is 1.57 bits per heavy atom. The maximum atomic E-state index is 8.71. The molecule has 1 rings (SSSR count). The van der Waals surface area contributed by atoms with Crippen molar-refractivity contribution in [1.29, 1.82) is 10.7 Å². The lowest BCUT2D eigenvalue weighted by molar-refractivity contribution is 0.389. The lowest BCUT2D eigenvalue weighted by Gasteiger charge is -2.05. The third-order valence-electron chi connectivity index (χ3n) is 1.92. The van der Waals surface area contributed by atoms with E-state index in [2.05, 4.69) is 6.07 Å². The molecular formula is C10H11N3O. The van der Waals surface area contributed by atoms with Gasteiger partial charge in [-0.05, 0) is 24.1 Å². The first-order valence-electron chi connectivity index (χ1n) is 4.22. The van der Waals surface area contributed by atoms with Crippen molar-refractivity contribution in [1.82, 2.24) is 0 Å². The number of nitriles is 1. The number of hydrogen-bond donors (Lipinski definition) is 3. The number of hydrogen-bond acceptors (Lipinski definition) is 4. The zero-order chi connectivity index (χ0) is 10.4. The monoisotopic (exact) mass is 189 g/mol. The van der Waals surface area contributed by atoms with Gasteiger partial charge < -0.3 is 5.41 Å². The van der Waals surface area contributed by atoms with Crippen LogP contribution in [0, 0.1) is 16.7 Å². The molecule has 0 aromatic heterocycles. The summed E-state index contributed by atoms with van der Waals surface area (Å²) in [5, 5.41) is 24.2. The molecule has 0 heterocycles. The molecular weight excluding hydrogens is 178 g/mol. The zero-order valence-electron chi connectivity index (χ0n) is 7.62. The summed E-state index contributed by atoms with van der Waals surface area (Å²) in [5.74, 6) is 0. The van der Waals surface area contributed by atoms with Crippen LogP contribution in [-0.2, 0) is 6.42 Å². The van der Waals surface area contributed by atoms with E-state index in [1.165, 1.54) is 0 Å². The van der Waals surface area contributed by atoms with Gasteiger partial charge in [0.25, 0.3) is 0 Å². The summed E-state index contributed by atoms with van der Waals surface area (Å²) in [6, 6.07) is 7.35. The van der Waals surface area contributed by atoms with Crippen LogP contribution in [0.15, 0.2) is 18.2 Å². The predicted octanol–water partition coefficient (Wildman–Crippen LogP) is 1.94. The smallest absolute Gasteiger partial charge is 0.0689 e. The van der Waals surface area contributed by atoms with Gasteiger partial charge in [0.15, 0.2) is 0 Å². The third-order valence-corrected chi connectivity index (χ3v) is 1.92. The molecule has 0 unspecified atom stereocenters. The van der Waals surface area contributed by atoms with Gasteiger partial charge in [0.1, 0.15) is 0 Å². The molecule has 72 valence electrons. The van der Waals surface area contributed by atoms with Crippen LogP contribution >= 0.6 is 0 Å². The van der Waals surface area contributed by atoms with Crippen molar-refractivity contribution in [3.8, 4) is 6.07 Å². The maximum Gasteiger partial charge on any atom is 0.0689 e. The van der Waals surface area contributed by atoms with Crippen molar-refractivity contribution >= 4 is 11.9 Å². The summed E-state index contributed by atoms with van der Waals surface area (Å²) in [6.07, 6.45) is 2.29. The molecule has 0 saturated heterocycles. The van der Waals surface area contributed by atoms with Gasteiger partial charge in [-0.15, -0.1) is 0 Å². The molecule has 0 aliphatic heterocycles. The second-order valence-electron chi connectivity index (χ2n) is 2.84. The second kappa shape index (κ2) is 5.00. The first kappa shape index (κ1) is 10.2. The van der Waals surface area contributed by atoms with Crippen molar-refractivity contribution in [2.45, 2.75) is 12.8 Å². The van der Waals surface area contributed by atoms with E-state index in [-0.39, 0.29) is 0 Å². The largest absolute Gasteiger partial charge is 0.308 e. The van der Waals surface area contributed by atoms with E-state index in [0.717, 1.165) is 11.8 Å². The van der Waals surface area contributed by atoms with Crippen LogP contribution in [0.2, 0.25) is 0 Å². The van der Waals surface area contributed by atoms with Crippen molar-refractivity contribution in [2.75, 3.05) is 5.48 Å². The Labute approximate surface area is 82.3 Å². The Bertz CT molecular complexity index is 368. The van der Waals surface area contributed by atoms with Gasteiger partial charge in [0.2, 0.25) is 0 Å². The SMILES string of the molecule is N#CCCc1ccc(NO)c(C=N)c1. The molecule has 0 saturated carbocycles. The number of anilines is 1. The molecule has 14 heavy (non-hydrogen) atoms. The minimum Gasteiger partial charge on any atom is -0.308 e. The Morgan fingerprint density at radius 3 is 2.93 bits per heavy atom. The highest BCUT2D eigenvalue weighted by molar-refractivity contribution is 5.85. The fourth-order valence-corrected chi connectivity index (χ4v) is 1.19. The van der Waals surface area contributed by atoms with Crippen LogP contribution in [0.3, 0.4) is 0 Å². The fourth-order valence-electron chi connectivity index (χ4n) is 1.19. The molecule has 1 aromatic rings. The minimum atomic E-state index is 0.462. The van der Waals surface area contributed by atoms with Gasteiger partial charge in [0, 0.05) is 18.2 Å². The van der Waals surface area contributed by atoms with Gasteiger partial charge >= 0.3 is 0 Å². The summed E-state index contributed by atoms with van der Waals surface area (Å²) in [5.41, 5.74) is 4.12. The molecule has 0 aliphatic carbocycles. The average Bonchev–Trinajstić information content (AvgIpc) is 2.25. The highest BCUT2D eigenvalue weighted by Crippen LogP contribution is 2.15. The van der Waals surface area contributed by atoms with Gasteiger partial charge in [-0.1, -0.05) is 6.07 Å². The number of benzene rings is 1. The molecule has 0 fully saturated rings. The molecule has 0 aliphatic rings. The van der Waals surface area contributed by atoms with Crippen LogP contribution in [0.1, 0.15) is 17.5 Å². The van der Waals surface area contributed by atoms with Crippen LogP contribution in [0.4, 0.5) is 5.69 Å². The second-order valence-corrected chi connectivity index (χ2v) is 2.84. The van der Waals surface area contributed by atoms with E-state index in [0.29, 0.717) is 24.1 Å². The number of nitrogens with zero attached hydrogens (tertiary/aromatic N) is 1. The zero-order valence-corrected chi connectivity index (χ0v) is 7.62. The highest BCUT2D eigenvalue weighted by atomic mass is 16.5. The molecule has 0 radical (unpaired) electrons. The Morgan fingerprint density at radius 2 is 2.36 bits per heavy atom. The van der Waals surface area contributed by atoms with Gasteiger partial charge in [-0.2, -0.15) is 5.26 Å². The predicted molar refractivity (Wildman–Crippen MR) is 53.7 cm³/mol. The molecule has 0 amide bonds. The van der Waals surface area contributed by atoms with Gasteiger partial charge in [0.05, 0.1) is 11.8 Å². The van der Waals surface area contributed by atoms with Crippen LogP contribution in [0.25, 0.3) is 0 Å². The summed E-state index contributed by atoms with van der Waals surface area (Å²) in [4.78, 5) is 0. The molecule has 4 heteroatoms. The minimum absolute atomic E-state index is 0.462. The first-order chi connectivity index (χ1) is 6.81. The van der Waals surface area contributed by atoms with Crippen LogP contribution < -0.4 is 5.48 Å². The molecule has 0 spiro atoms. The Balaban J connectivity index is 2.91. The van der Waals surface area contributed by atoms with E-state index < -0.39 is 0 Å². The van der Waals surface area contributed by atoms with E-state index >= 15 is 0 Å². The van der Waals surface area contributed by atoms with Crippen molar-refractivity contribution in [3.05, 3.63) is 29.3 Å². The quantitative estimate of drug-likeness (QED) is 0.500.